The zero-order chi connectivity index (χ0) is 13.5. The van der Waals surface area contributed by atoms with Gasteiger partial charge in [0.2, 0.25) is 0 Å². The fourth-order valence-electron chi connectivity index (χ4n) is 2.64. The molecule has 1 aromatic carbocycles. The summed E-state index contributed by atoms with van der Waals surface area (Å²) < 4.78 is 1.05. The number of benzene rings is 1. The molecule has 0 saturated heterocycles. The van der Waals surface area contributed by atoms with E-state index in [1.54, 1.807) is 6.20 Å². The Morgan fingerprint density at radius 1 is 1.42 bits per heavy atom. The predicted octanol–water partition coefficient (Wildman–Crippen LogP) is 4.18. The molecule has 19 heavy (non-hydrogen) atoms. The van der Waals surface area contributed by atoms with Gasteiger partial charge in [0.15, 0.2) is 0 Å². The second-order valence-corrected chi connectivity index (χ2v) is 6.68. The molecule has 0 amide bonds. The van der Waals surface area contributed by atoms with E-state index in [4.69, 9.17) is 5.73 Å². The number of pyridine rings is 1. The maximum Gasteiger partial charge on any atom is 0.0743 e. The number of anilines is 2. The third kappa shape index (κ3) is 2.41. The molecule has 1 aliphatic rings. The fourth-order valence-corrected chi connectivity index (χ4v) is 3.00. The minimum absolute atomic E-state index is 0.425. The standard InChI is InChI=1S/C15H18BrN3/c1-15(5-2-6-15)9-19-14-11-7-10(16)3-4-13(11)18-8-12(14)17/h3-4,7-8H,2,5-6,9,17H2,1H3,(H,18,19). The predicted molar refractivity (Wildman–Crippen MR) is 84.3 cm³/mol. The molecule has 100 valence electrons. The van der Waals surface area contributed by atoms with Crippen LogP contribution in [0.15, 0.2) is 28.9 Å². The summed E-state index contributed by atoms with van der Waals surface area (Å²) in [5.41, 5.74) is 9.21. The molecule has 0 unspecified atom stereocenters. The van der Waals surface area contributed by atoms with E-state index in [2.05, 4.69) is 39.2 Å². The zero-order valence-corrected chi connectivity index (χ0v) is 12.6. The molecule has 1 heterocycles. The number of nitrogens with two attached hydrogens (primary N) is 1. The topological polar surface area (TPSA) is 50.9 Å². The van der Waals surface area contributed by atoms with Crippen LogP contribution in [0.1, 0.15) is 26.2 Å². The normalized spacial score (nSPS) is 17.2. The Morgan fingerprint density at radius 3 is 2.89 bits per heavy atom. The number of nitrogens with zero attached hydrogens (tertiary/aromatic N) is 1. The lowest BCUT2D eigenvalue weighted by atomic mass is 9.70. The third-order valence-corrected chi connectivity index (χ3v) is 4.61. The van der Waals surface area contributed by atoms with Crippen LogP contribution in [0.5, 0.6) is 0 Å². The minimum atomic E-state index is 0.425. The molecule has 1 aliphatic carbocycles. The third-order valence-electron chi connectivity index (χ3n) is 4.11. The quantitative estimate of drug-likeness (QED) is 0.892. The fraction of sp³-hybridized carbons (Fsp3) is 0.400. The molecule has 0 radical (unpaired) electrons. The first-order chi connectivity index (χ1) is 9.07. The second-order valence-electron chi connectivity index (χ2n) is 5.77. The van der Waals surface area contributed by atoms with E-state index in [1.165, 1.54) is 19.3 Å². The number of hydrogen-bond donors (Lipinski definition) is 2. The Bertz CT molecular complexity index is 615. The molecular formula is C15H18BrN3. The van der Waals surface area contributed by atoms with Gasteiger partial charge in [-0.25, -0.2) is 0 Å². The summed E-state index contributed by atoms with van der Waals surface area (Å²) >= 11 is 3.51. The number of nitrogen functional groups attached to an aromatic ring is 1. The second kappa shape index (κ2) is 4.67. The first-order valence-electron chi connectivity index (χ1n) is 6.65. The number of fused-ring (bicyclic) bond motifs is 1. The molecule has 0 aliphatic heterocycles. The molecule has 0 bridgehead atoms. The first kappa shape index (κ1) is 12.7. The van der Waals surface area contributed by atoms with Crippen molar-refractivity contribution in [2.24, 2.45) is 5.41 Å². The van der Waals surface area contributed by atoms with Gasteiger partial charge in [0, 0.05) is 16.4 Å². The molecule has 3 rings (SSSR count). The highest BCUT2D eigenvalue weighted by molar-refractivity contribution is 9.10. The van der Waals surface area contributed by atoms with Crippen molar-refractivity contribution in [3.63, 3.8) is 0 Å². The minimum Gasteiger partial charge on any atom is -0.396 e. The monoisotopic (exact) mass is 319 g/mol. The lowest BCUT2D eigenvalue weighted by Gasteiger charge is -2.38. The van der Waals surface area contributed by atoms with Crippen molar-refractivity contribution in [2.45, 2.75) is 26.2 Å². The van der Waals surface area contributed by atoms with E-state index in [0.717, 1.165) is 27.6 Å². The molecule has 1 fully saturated rings. The lowest BCUT2D eigenvalue weighted by Crippen LogP contribution is -2.33. The van der Waals surface area contributed by atoms with Crippen molar-refractivity contribution in [3.8, 4) is 0 Å². The van der Waals surface area contributed by atoms with Gasteiger partial charge in [0.25, 0.3) is 0 Å². The van der Waals surface area contributed by atoms with Crippen LogP contribution in [0, 0.1) is 5.41 Å². The highest BCUT2D eigenvalue weighted by atomic mass is 79.9. The van der Waals surface area contributed by atoms with Gasteiger partial charge in [-0.3, -0.25) is 4.98 Å². The average Bonchev–Trinajstić information content (AvgIpc) is 2.35. The molecule has 0 atom stereocenters. The summed E-state index contributed by atoms with van der Waals surface area (Å²) in [6.45, 7) is 3.31. The van der Waals surface area contributed by atoms with Gasteiger partial charge in [0.05, 0.1) is 23.1 Å². The number of halogens is 1. The van der Waals surface area contributed by atoms with Crippen molar-refractivity contribution in [2.75, 3.05) is 17.6 Å². The summed E-state index contributed by atoms with van der Waals surface area (Å²) in [6.07, 6.45) is 5.68. The Morgan fingerprint density at radius 2 is 2.21 bits per heavy atom. The molecule has 2 aromatic rings. The van der Waals surface area contributed by atoms with Gasteiger partial charge in [-0.15, -0.1) is 0 Å². The van der Waals surface area contributed by atoms with Gasteiger partial charge >= 0.3 is 0 Å². The molecular weight excluding hydrogens is 302 g/mol. The van der Waals surface area contributed by atoms with Crippen LogP contribution in [-0.2, 0) is 0 Å². The van der Waals surface area contributed by atoms with E-state index in [-0.39, 0.29) is 0 Å². The van der Waals surface area contributed by atoms with Gasteiger partial charge in [-0.05, 0) is 36.5 Å². The summed E-state index contributed by atoms with van der Waals surface area (Å²) in [7, 11) is 0. The van der Waals surface area contributed by atoms with Crippen molar-refractivity contribution < 1.29 is 0 Å². The summed E-state index contributed by atoms with van der Waals surface area (Å²) in [5, 5.41) is 4.62. The van der Waals surface area contributed by atoms with Gasteiger partial charge in [-0.1, -0.05) is 29.3 Å². The Balaban J connectivity index is 1.96. The summed E-state index contributed by atoms with van der Waals surface area (Å²) in [5.74, 6) is 0. The highest BCUT2D eigenvalue weighted by Gasteiger charge is 2.31. The van der Waals surface area contributed by atoms with Crippen LogP contribution in [0.2, 0.25) is 0 Å². The molecule has 1 aromatic heterocycles. The van der Waals surface area contributed by atoms with E-state index < -0.39 is 0 Å². The molecule has 4 heteroatoms. The molecule has 3 N–H and O–H groups in total. The highest BCUT2D eigenvalue weighted by Crippen LogP contribution is 2.41. The maximum atomic E-state index is 6.09. The van der Waals surface area contributed by atoms with Crippen LogP contribution in [0.4, 0.5) is 11.4 Å². The Kier molecular flexibility index (Phi) is 3.13. The van der Waals surface area contributed by atoms with E-state index >= 15 is 0 Å². The van der Waals surface area contributed by atoms with Crippen molar-refractivity contribution in [1.29, 1.82) is 0 Å². The van der Waals surface area contributed by atoms with E-state index in [9.17, 15) is 0 Å². The van der Waals surface area contributed by atoms with Crippen LogP contribution in [-0.4, -0.2) is 11.5 Å². The van der Waals surface area contributed by atoms with Crippen LogP contribution in [0.3, 0.4) is 0 Å². The SMILES string of the molecule is CC1(CNc2c(N)cnc3ccc(Br)cc23)CCC1. The van der Waals surface area contributed by atoms with Gasteiger partial charge < -0.3 is 11.1 Å². The Labute approximate surface area is 121 Å². The van der Waals surface area contributed by atoms with E-state index in [0.29, 0.717) is 11.1 Å². The molecule has 3 nitrogen and oxygen atoms in total. The van der Waals surface area contributed by atoms with Crippen LogP contribution < -0.4 is 11.1 Å². The van der Waals surface area contributed by atoms with Gasteiger partial charge in [0.1, 0.15) is 0 Å². The largest absolute Gasteiger partial charge is 0.396 e. The summed E-state index contributed by atoms with van der Waals surface area (Å²) in [4.78, 5) is 4.38. The lowest BCUT2D eigenvalue weighted by molar-refractivity contribution is 0.180. The smallest absolute Gasteiger partial charge is 0.0743 e. The summed E-state index contributed by atoms with van der Waals surface area (Å²) in [6, 6.07) is 6.09. The Hall–Kier alpha value is -1.29. The number of rotatable bonds is 3. The number of aromatic nitrogens is 1. The number of hydrogen-bond acceptors (Lipinski definition) is 3. The van der Waals surface area contributed by atoms with Crippen LogP contribution >= 0.6 is 15.9 Å². The first-order valence-corrected chi connectivity index (χ1v) is 7.44. The maximum absolute atomic E-state index is 6.09. The zero-order valence-electron chi connectivity index (χ0n) is 11.0. The molecule has 1 saturated carbocycles. The van der Waals surface area contributed by atoms with Crippen molar-refractivity contribution in [1.82, 2.24) is 4.98 Å². The van der Waals surface area contributed by atoms with E-state index in [1.807, 2.05) is 12.1 Å². The number of nitrogens with one attached hydrogen (secondary N) is 1. The molecule has 0 spiro atoms. The van der Waals surface area contributed by atoms with Gasteiger partial charge in [-0.2, -0.15) is 0 Å². The average molecular weight is 320 g/mol. The van der Waals surface area contributed by atoms with Crippen LogP contribution in [0.25, 0.3) is 10.9 Å². The van der Waals surface area contributed by atoms with Crippen molar-refractivity contribution >= 4 is 38.2 Å². The van der Waals surface area contributed by atoms with Crippen molar-refractivity contribution in [3.05, 3.63) is 28.9 Å².